The van der Waals surface area contributed by atoms with Gasteiger partial charge in [-0.05, 0) is 49.2 Å². The van der Waals surface area contributed by atoms with Gasteiger partial charge in [-0.1, -0.05) is 0 Å². The first kappa shape index (κ1) is 19.4. The van der Waals surface area contributed by atoms with E-state index in [0.29, 0.717) is 22.6 Å². The van der Waals surface area contributed by atoms with Crippen LogP contribution in [0.3, 0.4) is 0 Å². The average molecular weight is 428 g/mol. The number of pyridine rings is 1. The maximum Gasteiger partial charge on any atom is 0.573 e. The highest BCUT2D eigenvalue weighted by Gasteiger charge is 2.31. The molecule has 0 unspecified atom stereocenters. The molecule has 160 valence electrons. The normalized spacial score (nSPS) is 15.5. The molecule has 1 N–H and O–H groups in total. The fourth-order valence-electron chi connectivity index (χ4n) is 4.01. The van der Waals surface area contributed by atoms with E-state index >= 15 is 0 Å². The van der Waals surface area contributed by atoms with Gasteiger partial charge in [0.05, 0.1) is 11.6 Å². The van der Waals surface area contributed by atoms with E-state index in [0.717, 1.165) is 37.3 Å². The molecule has 3 aromatic heterocycles. The number of anilines is 1. The van der Waals surface area contributed by atoms with E-state index in [2.05, 4.69) is 29.9 Å². The highest BCUT2D eigenvalue weighted by molar-refractivity contribution is 5.94. The molecule has 10 heteroatoms. The first-order valence-electron chi connectivity index (χ1n) is 9.91. The molecule has 0 radical (unpaired) electrons. The van der Waals surface area contributed by atoms with E-state index in [1.165, 1.54) is 18.2 Å². The van der Waals surface area contributed by atoms with Gasteiger partial charge in [-0.2, -0.15) is 10.2 Å². The van der Waals surface area contributed by atoms with Gasteiger partial charge in [0.15, 0.2) is 0 Å². The Labute approximate surface area is 175 Å². The fourth-order valence-corrected chi connectivity index (χ4v) is 4.01. The lowest BCUT2D eigenvalue weighted by Crippen LogP contribution is -2.35. The van der Waals surface area contributed by atoms with Crippen LogP contribution in [0.2, 0.25) is 0 Å². The summed E-state index contributed by atoms with van der Waals surface area (Å²) in [7, 11) is 0. The molecule has 0 bridgehead atoms. The summed E-state index contributed by atoms with van der Waals surface area (Å²) in [4.78, 5) is 6.70. The molecule has 1 aliphatic rings. The molecule has 4 heterocycles. The molecule has 4 aromatic rings. The number of aromatic amines is 1. The Morgan fingerprint density at radius 2 is 1.90 bits per heavy atom. The van der Waals surface area contributed by atoms with E-state index in [1.54, 1.807) is 18.5 Å². The number of H-pyrrole nitrogens is 1. The predicted molar refractivity (Wildman–Crippen MR) is 109 cm³/mol. The van der Waals surface area contributed by atoms with Crippen molar-refractivity contribution in [3.63, 3.8) is 0 Å². The monoisotopic (exact) mass is 428 g/mol. The Morgan fingerprint density at radius 1 is 1.06 bits per heavy atom. The number of piperidine rings is 1. The Morgan fingerprint density at radius 3 is 2.65 bits per heavy atom. The number of hydrogen-bond acceptors (Lipinski definition) is 5. The lowest BCUT2D eigenvalue weighted by molar-refractivity contribution is -0.274. The molecule has 1 aromatic carbocycles. The van der Waals surface area contributed by atoms with Crippen molar-refractivity contribution >= 4 is 16.7 Å². The molecule has 7 nitrogen and oxygen atoms in total. The van der Waals surface area contributed by atoms with Crippen molar-refractivity contribution < 1.29 is 17.9 Å². The molecule has 5 rings (SSSR count). The first-order chi connectivity index (χ1) is 15.0. The van der Waals surface area contributed by atoms with Crippen LogP contribution in [0.15, 0.2) is 55.0 Å². The van der Waals surface area contributed by atoms with Crippen LogP contribution < -0.4 is 9.64 Å². The summed E-state index contributed by atoms with van der Waals surface area (Å²) in [6, 6.07) is 10.1. The molecule has 0 atom stereocenters. The van der Waals surface area contributed by atoms with E-state index < -0.39 is 6.36 Å². The van der Waals surface area contributed by atoms with Gasteiger partial charge >= 0.3 is 6.36 Å². The van der Waals surface area contributed by atoms with Crippen LogP contribution in [0.1, 0.15) is 18.9 Å². The van der Waals surface area contributed by atoms with Crippen LogP contribution in [-0.4, -0.2) is 44.4 Å². The molecule has 1 aliphatic heterocycles. The van der Waals surface area contributed by atoms with Crippen molar-refractivity contribution in [3.8, 4) is 17.0 Å². The number of hydrogen-bond donors (Lipinski definition) is 1. The van der Waals surface area contributed by atoms with Crippen LogP contribution in [0, 0.1) is 0 Å². The average Bonchev–Trinajstić information content (AvgIpc) is 3.43. The van der Waals surface area contributed by atoms with Crippen molar-refractivity contribution in [2.75, 3.05) is 18.0 Å². The maximum absolute atomic E-state index is 12.6. The number of rotatable bonds is 4. The number of aromatic nitrogens is 5. The molecule has 0 aliphatic carbocycles. The van der Waals surface area contributed by atoms with Gasteiger partial charge in [-0.25, -0.2) is 4.98 Å². The van der Waals surface area contributed by atoms with Crippen LogP contribution in [0.4, 0.5) is 19.0 Å². The Kier molecular flexibility index (Phi) is 4.76. The largest absolute Gasteiger partial charge is 0.573 e. The topological polar surface area (TPSA) is 71.9 Å². The van der Waals surface area contributed by atoms with Crippen LogP contribution in [0.5, 0.6) is 5.75 Å². The highest BCUT2D eigenvalue weighted by atomic mass is 19.4. The number of halogens is 3. The minimum atomic E-state index is -4.75. The third-order valence-electron chi connectivity index (χ3n) is 5.47. The van der Waals surface area contributed by atoms with E-state index in [1.807, 2.05) is 23.0 Å². The molecule has 31 heavy (non-hydrogen) atoms. The second-order valence-corrected chi connectivity index (χ2v) is 7.43. The number of benzene rings is 1. The van der Waals surface area contributed by atoms with Crippen LogP contribution in [-0.2, 0) is 0 Å². The zero-order valence-electron chi connectivity index (χ0n) is 16.4. The number of alkyl halides is 3. The summed E-state index contributed by atoms with van der Waals surface area (Å²) in [5.74, 6) is 0.535. The van der Waals surface area contributed by atoms with Gasteiger partial charge in [-0.3, -0.25) is 9.78 Å². The number of nitrogens with zero attached hydrogens (tertiary/aromatic N) is 5. The summed E-state index contributed by atoms with van der Waals surface area (Å²) >= 11 is 0. The van der Waals surface area contributed by atoms with Crippen molar-refractivity contribution in [3.05, 3.63) is 55.0 Å². The summed E-state index contributed by atoms with van der Waals surface area (Å²) in [5, 5.41) is 12.1. The van der Waals surface area contributed by atoms with Gasteiger partial charge in [-0.15, -0.1) is 13.2 Å². The molecule has 0 spiro atoms. The predicted octanol–water partition coefficient (Wildman–Crippen LogP) is 4.56. The van der Waals surface area contributed by atoms with E-state index in [-0.39, 0.29) is 5.75 Å². The fraction of sp³-hybridized carbons (Fsp3) is 0.286. The van der Waals surface area contributed by atoms with Crippen molar-refractivity contribution in [1.82, 2.24) is 25.0 Å². The second-order valence-electron chi connectivity index (χ2n) is 7.43. The number of nitrogens with one attached hydrogen (secondary N) is 1. The summed E-state index contributed by atoms with van der Waals surface area (Å²) in [6.07, 6.45) is 2.63. The molecular formula is C21H19F3N6O. The van der Waals surface area contributed by atoms with E-state index in [4.69, 9.17) is 0 Å². The lowest BCUT2D eigenvalue weighted by Gasteiger charge is -2.33. The zero-order chi connectivity index (χ0) is 21.4. The lowest BCUT2D eigenvalue weighted by atomic mass is 10.0. The molecule has 0 saturated carbocycles. The van der Waals surface area contributed by atoms with Gasteiger partial charge < -0.3 is 9.64 Å². The zero-order valence-corrected chi connectivity index (χ0v) is 16.4. The van der Waals surface area contributed by atoms with Gasteiger partial charge in [0.2, 0.25) is 0 Å². The third kappa shape index (κ3) is 4.05. The Balaban J connectivity index is 1.39. The summed E-state index contributed by atoms with van der Waals surface area (Å²) in [5.41, 5.74) is 1.95. The number of fused-ring (bicyclic) bond motifs is 1. The first-order valence-corrected chi connectivity index (χ1v) is 9.91. The Hall–Kier alpha value is -3.56. The van der Waals surface area contributed by atoms with Crippen LogP contribution >= 0.6 is 0 Å². The molecule has 1 fully saturated rings. The quantitative estimate of drug-likeness (QED) is 0.516. The SMILES string of the molecule is FC(F)(F)Oc1ccc2[nH]nc(-c3ccnc(N4CCC(n5cccn5)CC4)c3)c2c1. The maximum atomic E-state index is 12.6. The van der Waals surface area contributed by atoms with Crippen molar-refractivity contribution in [2.45, 2.75) is 25.2 Å². The van der Waals surface area contributed by atoms with Gasteiger partial charge in [0, 0.05) is 42.6 Å². The standard InChI is InChI=1S/C21H19F3N6O/c22-21(23,24)31-16-2-3-18-17(13-16)20(28-27-18)14-4-8-25-19(12-14)29-10-5-15(6-11-29)30-9-1-7-26-30/h1-4,7-9,12-13,15H,5-6,10-11H2,(H,27,28). The molecule has 1 saturated heterocycles. The van der Waals surface area contributed by atoms with E-state index in [9.17, 15) is 13.2 Å². The number of ether oxygens (including phenoxy) is 1. The van der Waals surface area contributed by atoms with Crippen molar-refractivity contribution in [2.24, 2.45) is 0 Å². The van der Waals surface area contributed by atoms with Crippen molar-refractivity contribution in [1.29, 1.82) is 0 Å². The van der Waals surface area contributed by atoms with Gasteiger partial charge in [0.25, 0.3) is 0 Å². The van der Waals surface area contributed by atoms with Gasteiger partial charge in [0.1, 0.15) is 17.3 Å². The minimum absolute atomic E-state index is 0.280. The highest BCUT2D eigenvalue weighted by Crippen LogP contribution is 2.33. The molecule has 0 amide bonds. The third-order valence-corrected chi connectivity index (χ3v) is 5.47. The Bertz CT molecular complexity index is 1180. The summed E-state index contributed by atoms with van der Waals surface area (Å²) in [6.45, 7) is 1.68. The summed E-state index contributed by atoms with van der Waals surface area (Å²) < 4.78 is 43.9. The minimum Gasteiger partial charge on any atom is -0.406 e. The smallest absolute Gasteiger partial charge is 0.406 e. The second kappa shape index (κ2) is 7.60. The van der Waals surface area contributed by atoms with Crippen LogP contribution in [0.25, 0.3) is 22.2 Å². The molecular weight excluding hydrogens is 409 g/mol.